The van der Waals surface area contributed by atoms with Gasteiger partial charge in [0.25, 0.3) is 5.91 Å². The standard InChI is InChI=1S/C14H17NO3/c1-10(16)8-12-5-3-7-15(12)14(18)11-4-2-6-13(17)9-11/h2,4,6,9,12,17H,3,5,7-8H2,1H3. The maximum Gasteiger partial charge on any atom is 0.254 e. The summed E-state index contributed by atoms with van der Waals surface area (Å²) in [5.41, 5.74) is 0.477. The van der Waals surface area contributed by atoms with Gasteiger partial charge in [0.2, 0.25) is 0 Å². The predicted molar refractivity (Wildman–Crippen MR) is 67.5 cm³/mol. The highest BCUT2D eigenvalue weighted by Gasteiger charge is 2.30. The zero-order valence-corrected chi connectivity index (χ0v) is 10.4. The summed E-state index contributed by atoms with van der Waals surface area (Å²) in [6.07, 6.45) is 2.23. The largest absolute Gasteiger partial charge is 0.508 e. The van der Waals surface area contributed by atoms with Gasteiger partial charge in [0, 0.05) is 24.6 Å². The Kier molecular flexibility index (Phi) is 3.65. The Balaban J connectivity index is 2.15. The molecule has 1 fully saturated rings. The van der Waals surface area contributed by atoms with Crippen molar-refractivity contribution in [2.75, 3.05) is 6.54 Å². The van der Waals surface area contributed by atoms with E-state index in [0.29, 0.717) is 18.5 Å². The second-order valence-corrected chi connectivity index (χ2v) is 4.75. The molecule has 0 spiro atoms. The van der Waals surface area contributed by atoms with Crippen LogP contribution >= 0.6 is 0 Å². The summed E-state index contributed by atoms with van der Waals surface area (Å²) in [6, 6.07) is 6.35. The van der Waals surface area contributed by atoms with Crippen LogP contribution in [0.5, 0.6) is 5.75 Å². The third kappa shape index (κ3) is 2.70. The highest BCUT2D eigenvalue weighted by molar-refractivity contribution is 5.95. The Morgan fingerprint density at radius 1 is 1.44 bits per heavy atom. The highest BCUT2D eigenvalue weighted by Crippen LogP contribution is 2.23. The van der Waals surface area contributed by atoms with Crippen molar-refractivity contribution < 1.29 is 14.7 Å². The molecular weight excluding hydrogens is 230 g/mol. The molecule has 4 heteroatoms. The van der Waals surface area contributed by atoms with Gasteiger partial charge in [0.05, 0.1) is 0 Å². The number of phenolic OH excluding ortho intramolecular Hbond substituents is 1. The molecule has 18 heavy (non-hydrogen) atoms. The number of benzene rings is 1. The van der Waals surface area contributed by atoms with Crippen LogP contribution < -0.4 is 0 Å². The van der Waals surface area contributed by atoms with Crippen molar-refractivity contribution in [3.8, 4) is 5.75 Å². The molecule has 1 aliphatic rings. The minimum absolute atomic E-state index is 0.0114. The number of hydrogen-bond donors (Lipinski definition) is 1. The van der Waals surface area contributed by atoms with E-state index in [9.17, 15) is 14.7 Å². The molecule has 0 aromatic heterocycles. The summed E-state index contributed by atoms with van der Waals surface area (Å²) in [5, 5.41) is 9.39. The van der Waals surface area contributed by atoms with Crippen LogP contribution in [0, 0.1) is 0 Å². The molecule has 1 unspecified atom stereocenters. The fraction of sp³-hybridized carbons (Fsp3) is 0.429. The van der Waals surface area contributed by atoms with Gasteiger partial charge in [0.15, 0.2) is 0 Å². The van der Waals surface area contributed by atoms with E-state index in [0.717, 1.165) is 12.8 Å². The van der Waals surface area contributed by atoms with E-state index in [1.54, 1.807) is 24.0 Å². The normalized spacial score (nSPS) is 18.9. The van der Waals surface area contributed by atoms with Crippen molar-refractivity contribution in [2.45, 2.75) is 32.2 Å². The third-order valence-corrected chi connectivity index (χ3v) is 3.25. The van der Waals surface area contributed by atoms with Crippen molar-refractivity contribution >= 4 is 11.7 Å². The SMILES string of the molecule is CC(=O)CC1CCCN1C(=O)c1cccc(O)c1. The Hall–Kier alpha value is -1.84. The zero-order valence-electron chi connectivity index (χ0n) is 10.4. The first-order valence-electron chi connectivity index (χ1n) is 6.17. The van der Waals surface area contributed by atoms with E-state index in [-0.39, 0.29) is 23.5 Å². The molecule has 1 aromatic rings. The second kappa shape index (κ2) is 5.21. The first-order valence-corrected chi connectivity index (χ1v) is 6.17. The summed E-state index contributed by atoms with van der Waals surface area (Å²) in [5.74, 6) is 0.0911. The number of hydrogen-bond acceptors (Lipinski definition) is 3. The van der Waals surface area contributed by atoms with Gasteiger partial charge in [-0.1, -0.05) is 6.07 Å². The Morgan fingerprint density at radius 2 is 2.22 bits per heavy atom. The number of phenols is 1. The molecule has 0 bridgehead atoms. The quantitative estimate of drug-likeness (QED) is 0.888. The topological polar surface area (TPSA) is 57.6 Å². The number of carbonyl (C=O) groups is 2. The minimum Gasteiger partial charge on any atom is -0.508 e. The zero-order chi connectivity index (χ0) is 13.1. The number of amides is 1. The number of aromatic hydroxyl groups is 1. The van der Waals surface area contributed by atoms with Gasteiger partial charge in [0.1, 0.15) is 11.5 Å². The van der Waals surface area contributed by atoms with Gasteiger partial charge >= 0.3 is 0 Å². The lowest BCUT2D eigenvalue weighted by Crippen LogP contribution is -2.36. The molecular formula is C14H17NO3. The van der Waals surface area contributed by atoms with Crippen LogP contribution in [0.3, 0.4) is 0 Å². The average Bonchev–Trinajstić information content (AvgIpc) is 2.75. The lowest BCUT2D eigenvalue weighted by atomic mass is 10.1. The first kappa shape index (κ1) is 12.6. The number of likely N-dealkylation sites (tertiary alicyclic amines) is 1. The van der Waals surface area contributed by atoms with Gasteiger partial charge in [-0.3, -0.25) is 9.59 Å². The fourth-order valence-electron chi connectivity index (χ4n) is 2.45. The van der Waals surface area contributed by atoms with Gasteiger partial charge in [-0.05, 0) is 38.0 Å². The molecule has 1 heterocycles. The van der Waals surface area contributed by atoms with Crippen molar-refractivity contribution in [1.82, 2.24) is 4.90 Å². The van der Waals surface area contributed by atoms with Gasteiger partial charge in [-0.2, -0.15) is 0 Å². The molecule has 96 valence electrons. The van der Waals surface area contributed by atoms with E-state index in [1.165, 1.54) is 12.1 Å². The van der Waals surface area contributed by atoms with Crippen LogP contribution in [0.15, 0.2) is 24.3 Å². The van der Waals surface area contributed by atoms with E-state index in [1.807, 2.05) is 0 Å². The molecule has 4 nitrogen and oxygen atoms in total. The van der Waals surface area contributed by atoms with E-state index in [2.05, 4.69) is 0 Å². The first-order chi connectivity index (χ1) is 8.58. The summed E-state index contributed by atoms with van der Waals surface area (Å²) >= 11 is 0. The summed E-state index contributed by atoms with van der Waals surface area (Å²) in [7, 11) is 0. The number of carbonyl (C=O) groups excluding carboxylic acids is 2. The van der Waals surface area contributed by atoms with Crippen molar-refractivity contribution in [3.05, 3.63) is 29.8 Å². The minimum atomic E-state index is -0.102. The Labute approximate surface area is 106 Å². The lowest BCUT2D eigenvalue weighted by Gasteiger charge is -2.24. The smallest absolute Gasteiger partial charge is 0.254 e. The van der Waals surface area contributed by atoms with E-state index in [4.69, 9.17) is 0 Å². The number of rotatable bonds is 3. The number of nitrogens with zero attached hydrogens (tertiary/aromatic N) is 1. The summed E-state index contributed by atoms with van der Waals surface area (Å²) in [6.45, 7) is 2.24. The van der Waals surface area contributed by atoms with Crippen molar-refractivity contribution in [2.24, 2.45) is 0 Å². The molecule has 1 amide bonds. The summed E-state index contributed by atoms with van der Waals surface area (Å²) < 4.78 is 0. The third-order valence-electron chi connectivity index (χ3n) is 3.25. The van der Waals surface area contributed by atoms with Crippen LogP contribution in [-0.4, -0.2) is 34.3 Å². The monoisotopic (exact) mass is 247 g/mol. The van der Waals surface area contributed by atoms with Crippen LogP contribution in [0.25, 0.3) is 0 Å². The van der Waals surface area contributed by atoms with Crippen LogP contribution in [0.1, 0.15) is 36.5 Å². The van der Waals surface area contributed by atoms with Crippen molar-refractivity contribution in [3.63, 3.8) is 0 Å². The summed E-state index contributed by atoms with van der Waals surface area (Å²) in [4.78, 5) is 25.2. The molecule has 0 radical (unpaired) electrons. The van der Waals surface area contributed by atoms with Gasteiger partial charge < -0.3 is 10.0 Å². The predicted octanol–water partition coefficient (Wildman–Crippen LogP) is 1.98. The average molecular weight is 247 g/mol. The van der Waals surface area contributed by atoms with E-state index >= 15 is 0 Å². The highest BCUT2D eigenvalue weighted by atomic mass is 16.3. The fourth-order valence-corrected chi connectivity index (χ4v) is 2.45. The van der Waals surface area contributed by atoms with Crippen LogP contribution in [0.2, 0.25) is 0 Å². The molecule has 1 aliphatic heterocycles. The molecule has 1 aromatic carbocycles. The number of Topliss-reactive ketones (excluding diaryl/α,β-unsaturated/α-hetero) is 1. The lowest BCUT2D eigenvalue weighted by molar-refractivity contribution is -0.117. The van der Waals surface area contributed by atoms with Gasteiger partial charge in [-0.25, -0.2) is 0 Å². The Bertz CT molecular complexity index is 470. The number of ketones is 1. The van der Waals surface area contributed by atoms with Crippen molar-refractivity contribution in [1.29, 1.82) is 0 Å². The maximum atomic E-state index is 12.3. The van der Waals surface area contributed by atoms with E-state index < -0.39 is 0 Å². The molecule has 1 atom stereocenters. The second-order valence-electron chi connectivity index (χ2n) is 4.75. The molecule has 1 saturated heterocycles. The molecule has 0 saturated carbocycles. The van der Waals surface area contributed by atoms with Crippen LogP contribution in [-0.2, 0) is 4.79 Å². The molecule has 0 aliphatic carbocycles. The maximum absolute atomic E-state index is 12.3. The molecule has 1 N–H and O–H groups in total. The Morgan fingerprint density at radius 3 is 2.89 bits per heavy atom. The molecule has 2 rings (SSSR count). The van der Waals surface area contributed by atoms with Gasteiger partial charge in [-0.15, -0.1) is 0 Å². The van der Waals surface area contributed by atoms with Crippen LogP contribution in [0.4, 0.5) is 0 Å².